The molecule has 0 spiro atoms. The molecule has 1 aliphatic rings. The first-order chi connectivity index (χ1) is 7.42. The van der Waals surface area contributed by atoms with Gasteiger partial charge in [-0.2, -0.15) is 0 Å². The predicted molar refractivity (Wildman–Crippen MR) is 58.6 cm³/mol. The molecular formula is C12H18O4. The van der Waals surface area contributed by atoms with Crippen LogP contribution in [0, 0.1) is 10.8 Å². The minimum absolute atomic E-state index is 0.371. The zero-order valence-corrected chi connectivity index (χ0v) is 10.2. The predicted octanol–water partition coefficient (Wildman–Crippen LogP) is 1.70. The van der Waals surface area contributed by atoms with Crippen molar-refractivity contribution in [2.45, 2.75) is 26.7 Å². The van der Waals surface area contributed by atoms with Crippen LogP contribution in [-0.4, -0.2) is 26.2 Å². The molecule has 0 saturated heterocycles. The van der Waals surface area contributed by atoms with E-state index in [1.54, 1.807) is 19.9 Å². The van der Waals surface area contributed by atoms with Crippen molar-refractivity contribution in [3.8, 4) is 0 Å². The molecule has 0 fully saturated rings. The van der Waals surface area contributed by atoms with Crippen LogP contribution in [0.5, 0.6) is 0 Å². The molecule has 0 aromatic rings. The molecule has 0 saturated carbocycles. The first kappa shape index (κ1) is 12.7. The van der Waals surface area contributed by atoms with Gasteiger partial charge in [0.1, 0.15) is 0 Å². The van der Waals surface area contributed by atoms with E-state index in [0.717, 1.165) is 6.42 Å². The molecule has 0 N–H and O–H groups in total. The van der Waals surface area contributed by atoms with Crippen molar-refractivity contribution >= 4 is 11.9 Å². The smallest absolute Gasteiger partial charge is 0.316 e. The second-order valence-corrected chi connectivity index (χ2v) is 4.46. The number of carbonyl (C=O) groups excluding carboxylic acids is 2. The highest BCUT2D eigenvalue weighted by Gasteiger charge is 2.55. The number of rotatable bonds is 2. The number of carbonyl (C=O) groups is 2. The molecule has 0 radical (unpaired) electrons. The lowest BCUT2D eigenvalue weighted by Gasteiger charge is -2.42. The van der Waals surface area contributed by atoms with Gasteiger partial charge in [0.15, 0.2) is 0 Å². The van der Waals surface area contributed by atoms with Crippen molar-refractivity contribution in [1.29, 1.82) is 0 Å². The van der Waals surface area contributed by atoms with Crippen molar-refractivity contribution in [3.63, 3.8) is 0 Å². The number of ether oxygens (including phenoxy) is 2. The first-order valence-electron chi connectivity index (χ1n) is 5.27. The Kier molecular flexibility index (Phi) is 3.41. The Labute approximate surface area is 95.6 Å². The van der Waals surface area contributed by atoms with E-state index in [2.05, 4.69) is 0 Å². The molecule has 1 rings (SSSR count). The molecule has 90 valence electrons. The van der Waals surface area contributed by atoms with Crippen LogP contribution in [0.4, 0.5) is 0 Å². The highest BCUT2D eigenvalue weighted by molar-refractivity contribution is 5.89. The maximum Gasteiger partial charge on any atom is 0.316 e. The number of hydrogen-bond donors (Lipinski definition) is 0. The summed E-state index contributed by atoms with van der Waals surface area (Å²) >= 11 is 0. The summed E-state index contributed by atoms with van der Waals surface area (Å²) in [6, 6.07) is 0. The van der Waals surface area contributed by atoms with Crippen molar-refractivity contribution < 1.29 is 19.1 Å². The van der Waals surface area contributed by atoms with Crippen molar-refractivity contribution in [3.05, 3.63) is 12.2 Å². The topological polar surface area (TPSA) is 52.6 Å². The molecule has 2 unspecified atom stereocenters. The monoisotopic (exact) mass is 226 g/mol. The Bertz CT molecular complexity index is 334. The molecule has 0 aromatic heterocycles. The van der Waals surface area contributed by atoms with E-state index < -0.39 is 16.8 Å². The highest BCUT2D eigenvalue weighted by atomic mass is 16.5. The summed E-state index contributed by atoms with van der Waals surface area (Å²) in [5.74, 6) is -0.777. The Morgan fingerprint density at radius 3 is 2.19 bits per heavy atom. The van der Waals surface area contributed by atoms with Gasteiger partial charge in [-0.15, -0.1) is 0 Å². The molecule has 4 nitrogen and oxygen atoms in total. The third-order valence-corrected chi connectivity index (χ3v) is 3.65. The summed E-state index contributed by atoms with van der Waals surface area (Å²) in [5.41, 5.74) is -1.81. The quantitative estimate of drug-likeness (QED) is 0.531. The molecule has 0 amide bonds. The molecule has 0 bridgehead atoms. The normalized spacial score (nSPS) is 33.2. The molecular weight excluding hydrogens is 208 g/mol. The lowest BCUT2D eigenvalue weighted by atomic mass is 9.60. The van der Waals surface area contributed by atoms with Crippen LogP contribution in [0.25, 0.3) is 0 Å². The zero-order chi connectivity index (χ0) is 12.4. The van der Waals surface area contributed by atoms with Gasteiger partial charge in [0, 0.05) is 0 Å². The SMILES string of the molecule is COC(=O)C1(C)C=CCCC1(C)C(=O)OC. The van der Waals surface area contributed by atoms with E-state index in [1.807, 2.05) is 6.08 Å². The van der Waals surface area contributed by atoms with Gasteiger partial charge in [-0.1, -0.05) is 12.2 Å². The van der Waals surface area contributed by atoms with Gasteiger partial charge >= 0.3 is 11.9 Å². The number of allylic oxidation sites excluding steroid dienone is 1. The fourth-order valence-corrected chi connectivity index (χ4v) is 2.18. The fraction of sp³-hybridized carbons (Fsp3) is 0.667. The van der Waals surface area contributed by atoms with E-state index >= 15 is 0 Å². The minimum atomic E-state index is -0.951. The third-order valence-electron chi connectivity index (χ3n) is 3.65. The number of hydrogen-bond acceptors (Lipinski definition) is 4. The van der Waals surface area contributed by atoms with Crippen LogP contribution in [0.15, 0.2) is 12.2 Å². The molecule has 1 aliphatic carbocycles. The maximum absolute atomic E-state index is 11.9. The van der Waals surface area contributed by atoms with Crippen molar-refractivity contribution in [1.82, 2.24) is 0 Å². The zero-order valence-electron chi connectivity index (χ0n) is 10.2. The Morgan fingerprint density at radius 1 is 1.12 bits per heavy atom. The largest absolute Gasteiger partial charge is 0.469 e. The van der Waals surface area contributed by atoms with E-state index in [9.17, 15) is 9.59 Å². The second-order valence-electron chi connectivity index (χ2n) is 4.46. The first-order valence-corrected chi connectivity index (χ1v) is 5.27. The lowest BCUT2D eigenvalue weighted by Crippen LogP contribution is -2.50. The highest BCUT2D eigenvalue weighted by Crippen LogP contribution is 2.48. The van der Waals surface area contributed by atoms with Gasteiger partial charge in [0.25, 0.3) is 0 Å². The summed E-state index contributed by atoms with van der Waals surface area (Å²) in [6.45, 7) is 3.46. The lowest BCUT2D eigenvalue weighted by molar-refractivity contribution is -0.172. The summed E-state index contributed by atoms with van der Waals surface area (Å²) in [6.07, 6.45) is 5.00. The summed E-state index contributed by atoms with van der Waals surface area (Å²) in [7, 11) is 2.66. The molecule has 16 heavy (non-hydrogen) atoms. The summed E-state index contributed by atoms with van der Waals surface area (Å²) < 4.78 is 9.59. The van der Waals surface area contributed by atoms with Gasteiger partial charge in [0.05, 0.1) is 25.0 Å². The molecule has 4 heteroatoms. The average molecular weight is 226 g/mol. The van der Waals surface area contributed by atoms with Crippen LogP contribution >= 0.6 is 0 Å². The van der Waals surface area contributed by atoms with E-state index in [4.69, 9.17) is 9.47 Å². The number of esters is 2. The molecule has 0 aliphatic heterocycles. The van der Waals surface area contributed by atoms with Crippen LogP contribution in [0.3, 0.4) is 0 Å². The van der Waals surface area contributed by atoms with E-state index in [0.29, 0.717) is 6.42 Å². The second kappa shape index (κ2) is 4.28. The Hall–Kier alpha value is -1.32. The number of methoxy groups -OCH3 is 2. The van der Waals surface area contributed by atoms with Gasteiger partial charge in [-0.25, -0.2) is 0 Å². The van der Waals surface area contributed by atoms with Crippen molar-refractivity contribution in [2.24, 2.45) is 10.8 Å². The third kappa shape index (κ3) is 1.62. The summed E-state index contributed by atoms with van der Waals surface area (Å²) in [5, 5.41) is 0. The van der Waals surface area contributed by atoms with E-state index in [-0.39, 0.29) is 5.97 Å². The van der Waals surface area contributed by atoms with Gasteiger partial charge < -0.3 is 9.47 Å². The van der Waals surface area contributed by atoms with Gasteiger partial charge in [-0.3, -0.25) is 9.59 Å². The van der Waals surface area contributed by atoms with Gasteiger partial charge in [-0.05, 0) is 26.7 Å². The van der Waals surface area contributed by atoms with Crippen LogP contribution < -0.4 is 0 Å². The van der Waals surface area contributed by atoms with Crippen LogP contribution in [0.1, 0.15) is 26.7 Å². The summed E-state index contributed by atoms with van der Waals surface area (Å²) in [4.78, 5) is 23.7. The van der Waals surface area contributed by atoms with Crippen molar-refractivity contribution in [2.75, 3.05) is 14.2 Å². The standard InChI is InChI=1S/C12H18O4/c1-11(9(13)15-3)7-5-6-8-12(11,2)10(14)16-4/h5,7H,6,8H2,1-4H3. The Balaban J connectivity index is 3.21. The fourth-order valence-electron chi connectivity index (χ4n) is 2.18. The maximum atomic E-state index is 11.9. The molecule has 0 aromatic carbocycles. The molecule has 2 atom stereocenters. The molecule has 0 heterocycles. The van der Waals surface area contributed by atoms with Gasteiger partial charge in [0.2, 0.25) is 0 Å². The average Bonchev–Trinajstić information content (AvgIpc) is 2.30. The van der Waals surface area contributed by atoms with Crippen LogP contribution in [-0.2, 0) is 19.1 Å². The van der Waals surface area contributed by atoms with Crippen LogP contribution in [0.2, 0.25) is 0 Å². The Morgan fingerprint density at radius 2 is 1.69 bits per heavy atom. The van der Waals surface area contributed by atoms with E-state index in [1.165, 1.54) is 14.2 Å². The minimum Gasteiger partial charge on any atom is -0.469 e.